The molecule has 2 rings (SSSR count). The number of benzene rings is 2. The second-order valence-electron chi connectivity index (χ2n) is 5.66. The molecular formula is C19H21NO6S. The minimum atomic E-state index is -3.38. The molecule has 144 valence electrons. The first-order valence-corrected chi connectivity index (χ1v) is 10.1. The fraction of sp³-hybridized carbons (Fsp3) is 0.263. The van der Waals surface area contributed by atoms with Crippen LogP contribution in [0.25, 0.3) is 0 Å². The zero-order chi connectivity index (χ0) is 19.9. The van der Waals surface area contributed by atoms with Crippen LogP contribution >= 0.6 is 0 Å². The molecule has 7 nitrogen and oxygen atoms in total. The van der Waals surface area contributed by atoms with Crippen LogP contribution in [0, 0.1) is 0 Å². The molecule has 0 aromatic heterocycles. The highest BCUT2D eigenvalue weighted by molar-refractivity contribution is 7.90. The van der Waals surface area contributed by atoms with Gasteiger partial charge in [-0.1, -0.05) is 24.3 Å². The molecule has 1 amide bonds. The molecule has 0 saturated heterocycles. The molecule has 0 N–H and O–H groups in total. The highest BCUT2D eigenvalue weighted by atomic mass is 32.2. The van der Waals surface area contributed by atoms with Crippen LogP contribution in [0.15, 0.2) is 59.5 Å². The van der Waals surface area contributed by atoms with E-state index in [2.05, 4.69) is 0 Å². The van der Waals surface area contributed by atoms with Gasteiger partial charge < -0.3 is 9.47 Å². The van der Waals surface area contributed by atoms with Crippen molar-refractivity contribution in [1.29, 1.82) is 0 Å². The van der Waals surface area contributed by atoms with Crippen molar-refractivity contribution in [2.75, 3.05) is 30.9 Å². The highest BCUT2D eigenvalue weighted by Gasteiger charge is 2.20. The molecule has 0 saturated carbocycles. The first kappa shape index (κ1) is 20.4. The SMILES string of the molecule is CCOC(=O)CN(C(=O)COc1cccc(S(C)(=O)=O)c1)c1ccccc1. The summed E-state index contributed by atoms with van der Waals surface area (Å²) in [5.41, 5.74) is 0.532. The van der Waals surface area contributed by atoms with E-state index in [-0.39, 0.29) is 30.4 Å². The fourth-order valence-electron chi connectivity index (χ4n) is 2.28. The van der Waals surface area contributed by atoms with Crippen LogP contribution < -0.4 is 9.64 Å². The van der Waals surface area contributed by atoms with Crippen LogP contribution in [0.1, 0.15) is 6.92 Å². The Morgan fingerprint density at radius 1 is 1.04 bits per heavy atom. The minimum Gasteiger partial charge on any atom is -0.484 e. The number of hydrogen-bond acceptors (Lipinski definition) is 6. The van der Waals surface area contributed by atoms with Crippen LogP contribution in [0.5, 0.6) is 5.75 Å². The second kappa shape index (κ2) is 9.18. The number of amides is 1. The van der Waals surface area contributed by atoms with Crippen molar-refractivity contribution in [3.63, 3.8) is 0 Å². The zero-order valence-corrected chi connectivity index (χ0v) is 15.9. The lowest BCUT2D eigenvalue weighted by atomic mass is 10.3. The molecule has 0 aliphatic rings. The smallest absolute Gasteiger partial charge is 0.326 e. The lowest BCUT2D eigenvalue weighted by Crippen LogP contribution is -2.39. The van der Waals surface area contributed by atoms with Gasteiger partial charge in [0.05, 0.1) is 11.5 Å². The molecule has 0 bridgehead atoms. The highest BCUT2D eigenvalue weighted by Crippen LogP contribution is 2.18. The molecular weight excluding hydrogens is 370 g/mol. The summed E-state index contributed by atoms with van der Waals surface area (Å²) in [5, 5.41) is 0. The van der Waals surface area contributed by atoms with E-state index in [9.17, 15) is 18.0 Å². The van der Waals surface area contributed by atoms with Gasteiger partial charge in [-0.15, -0.1) is 0 Å². The average molecular weight is 391 g/mol. The predicted octanol–water partition coefficient (Wildman–Crippen LogP) is 2.07. The molecule has 0 aliphatic heterocycles. The number of hydrogen-bond donors (Lipinski definition) is 0. The van der Waals surface area contributed by atoms with Gasteiger partial charge in [0.15, 0.2) is 16.4 Å². The Kier molecular flexibility index (Phi) is 6.95. The normalized spacial score (nSPS) is 10.9. The van der Waals surface area contributed by atoms with Crippen LogP contribution in [-0.4, -0.2) is 46.3 Å². The van der Waals surface area contributed by atoms with E-state index >= 15 is 0 Å². The number of carbonyl (C=O) groups is 2. The van der Waals surface area contributed by atoms with Crippen molar-refractivity contribution in [1.82, 2.24) is 0 Å². The molecule has 0 atom stereocenters. The summed E-state index contributed by atoms with van der Waals surface area (Å²) in [4.78, 5) is 25.8. The van der Waals surface area contributed by atoms with Gasteiger partial charge in [-0.25, -0.2) is 8.42 Å². The van der Waals surface area contributed by atoms with Gasteiger partial charge in [0.1, 0.15) is 12.3 Å². The van der Waals surface area contributed by atoms with E-state index in [0.717, 1.165) is 6.26 Å². The molecule has 27 heavy (non-hydrogen) atoms. The largest absolute Gasteiger partial charge is 0.484 e. The van der Waals surface area contributed by atoms with Crippen molar-refractivity contribution in [3.8, 4) is 5.75 Å². The first-order valence-electron chi connectivity index (χ1n) is 8.25. The van der Waals surface area contributed by atoms with E-state index in [1.165, 1.54) is 23.1 Å². The predicted molar refractivity (Wildman–Crippen MR) is 100 cm³/mol. The van der Waals surface area contributed by atoms with E-state index < -0.39 is 21.7 Å². The van der Waals surface area contributed by atoms with Gasteiger partial charge in [0.2, 0.25) is 0 Å². The Morgan fingerprint density at radius 3 is 2.37 bits per heavy atom. The summed E-state index contributed by atoms with van der Waals surface area (Å²) in [5.74, 6) is -0.747. The summed E-state index contributed by atoms with van der Waals surface area (Å²) in [6.45, 7) is 1.29. The Hall–Kier alpha value is -2.87. The van der Waals surface area contributed by atoms with Crippen molar-refractivity contribution < 1.29 is 27.5 Å². The van der Waals surface area contributed by atoms with E-state index in [4.69, 9.17) is 9.47 Å². The molecule has 0 fully saturated rings. The monoisotopic (exact) mass is 391 g/mol. The Balaban J connectivity index is 2.13. The van der Waals surface area contributed by atoms with Crippen LogP contribution in [0.4, 0.5) is 5.69 Å². The standard InChI is InChI=1S/C19H21NO6S/c1-3-25-19(22)13-20(15-8-5-4-6-9-15)18(21)14-26-16-10-7-11-17(12-16)27(2,23)24/h4-12H,3,13-14H2,1-2H3. The number of nitrogens with zero attached hydrogens (tertiary/aromatic N) is 1. The quantitative estimate of drug-likeness (QED) is 0.640. The number of esters is 1. The topological polar surface area (TPSA) is 90.0 Å². The van der Waals surface area contributed by atoms with Crippen molar-refractivity contribution in [3.05, 3.63) is 54.6 Å². The molecule has 0 aliphatic carbocycles. The average Bonchev–Trinajstić information content (AvgIpc) is 2.65. The Morgan fingerprint density at radius 2 is 1.74 bits per heavy atom. The van der Waals surface area contributed by atoms with Gasteiger partial charge in [0.25, 0.3) is 5.91 Å². The number of anilines is 1. The molecule has 0 spiro atoms. The fourth-order valence-corrected chi connectivity index (χ4v) is 2.94. The lowest BCUT2D eigenvalue weighted by Gasteiger charge is -2.22. The van der Waals surface area contributed by atoms with E-state index in [0.29, 0.717) is 5.69 Å². The van der Waals surface area contributed by atoms with Crippen LogP contribution in [0.3, 0.4) is 0 Å². The third kappa shape index (κ3) is 6.10. The zero-order valence-electron chi connectivity index (χ0n) is 15.1. The van der Waals surface area contributed by atoms with Gasteiger partial charge in [-0.3, -0.25) is 14.5 Å². The van der Waals surface area contributed by atoms with Gasteiger partial charge in [-0.2, -0.15) is 0 Å². The Labute approximate surface area is 158 Å². The maximum absolute atomic E-state index is 12.6. The van der Waals surface area contributed by atoms with Gasteiger partial charge >= 0.3 is 5.97 Å². The molecule has 2 aromatic rings. The number of ether oxygens (including phenoxy) is 2. The maximum atomic E-state index is 12.6. The van der Waals surface area contributed by atoms with E-state index in [1.807, 2.05) is 0 Å². The summed E-state index contributed by atoms with van der Waals surface area (Å²) in [6, 6.07) is 14.6. The summed E-state index contributed by atoms with van der Waals surface area (Å²) in [7, 11) is -3.38. The Bertz CT molecular complexity index is 895. The minimum absolute atomic E-state index is 0.0962. The maximum Gasteiger partial charge on any atom is 0.326 e. The third-order valence-electron chi connectivity index (χ3n) is 3.56. The molecule has 0 unspecified atom stereocenters. The second-order valence-corrected chi connectivity index (χ2v) is 7.67. The molecule has 0 heterocycles. The van der Waals surface area contributed by atoms with Crippen LogP contribution in [0.2, 0.25) is 0 Å². The number of carbonyl (C=O) groups excluding carboxylic acids is 2. The van der Waals surface area contributed by atoms with Crippen LogP contribution in [-0.2, 0) is 24.2 Å². The van der Waals surface area contributed by atoms with Crippen molar-refractivity contribution in [2.24, 2.45) is 0 Å². The molecule has 8 heteroatoms. The number of sulfone groups is 1. The number of para-hydroxylation sites is 1. The summed E-state index contributed by atoms with van der Waals surface area (Å²) < 4.78 is 33.6. The summed E-state index contributed by atoms with van der Waals surface area (Å²) in [6.07, 6.45) is 1.09. The van der Waals surface area contributed by atoms with E-state index in [1.54, 1.807) is 43.3 Å². The lowest BCUT2D eigenvalue weighted by molar-refractivity contribution is -0.142. The first-order chi connectivity index (χ1) is 12.8. The number of rotatable bonds is 8. The van der Waals surface area contributed by atoms with Gasteiger partial charge in [0, 0.05) is 11.9 Å². The molecule has 0 radical (unpaired) electrons. The van der Waals surface area contributed by atoms with Gasteiger partial charge in [-0.05, 0) is 37.3 Å². The van der Waals surface area contributed by atoms with Crippen molar-refractivity contribution in [2.45, 2.75) is 11.8 Å². The third-order valence-corrected chi connectivity index (χ3v) is 4.67. The summed E-state index contributed by atoms with van der Waals surface area (Å²) >= 11 is 0. The molecule has 2 aromatic carbocycles. The van der Waals surface area contributed by atoms with Crippen molar-refractivity contribution >= 4 is 27.4 Å².